The fraction of sp³-hybridized carbons (Fsp3) is 0.632. The summed E-state index contributed by atoms with van der Waals surface area (Å²) in [5.41, 5.74) is 0.508. The lowest BCUT2D eigenvalue weighted by molar-refractivity contribution is -0.0504. The van der Waals surface area contributed by atoms with Crippen LogP contribution in [-0.4, -0.2) is 49.4 Å². The molecule has 0 aliphatic carbocycles. The molecular formula is C19H29ClF2IN3O2S. The topological polar surface area (TPSA) is 54.9 Å². The van der Waals surface area contributed by atoms with Gasteiger partial charge in [0, 0.05) is 41.6 Å². The van der Waals surface area contributed by atoms with Crippen LogP contribution < -0.4 is 15.4 Å². The van der Waals surface area contributed by atoms with Gasteiger partial charge in [-0.3, -0.25) is 0 Å². The van der Waals surface area contributed by atoms with Crippen molar-refractivity contribution < 1.29 is 18.3 Å². The molecule has 1 heterocycles. The Morgan fingerprint density at radius 1 is 1.31 bits per heavy atom. The van der Waals surface area contributed by atoms with Gasteiger partial charge in [0.2, 0.25) is 0 Å². The van der Waals surface area contributed by atoms with Crippen molar-refractivity contribution in [3.05, 3.63) is 28.8 Å². The largest absolute Gasteiger partial charge is 0.434 e. The van der Waals surface area contributed by atoms with E-state index in [4.69, 9.17) is 16.3 Å². The molecule has 2 N–H and O–H groups in total. The molecule has 2 rings (SSSR count). The molecule has 0 spiro atoms. The van der Waals surface area contributed by atoms with Crippen LogP contribution in [0, 0.1) is 0 Å². The second-order valence-electron chi connectivity index (χ2n) is 6.41. The van der Waals surface area contributed by atoms with Gasteiger partial charge in [-0.15, -0.1) is 24.0 Å². The van der Waals surface area contributed by atoms with E-state index in [0.29, 0.717) is 23.1 Å². The Labute approximate surface area is 197 Å². The zero-order valence-corrected chi connectivity index (χ0v) is 20.6. The Morgan fingerprint density at radius 3 is 2.66 bits per heavy atom. The molecule has 1 saturated heterocycles. The van der Waals surface area contributed by atoms with Gasteiger partial charge in [-0.25, -0.2) is 4.99 Å². The molecular weight excluding hydrogens is 535 g/mol. The number of hydrogen-bond donors (Lipinski definition) is 2. The molecule has 1 aliphatic rings. The van der Waals surface area contributed by atoms with Crippen molar-refractivity contribution >= 4 is 53.3 Å². The van der Waals surface area contributed by atoms with E-state index in [9.17, 15) is 8.78 Å². The fourth-order valence-electron chi connectivity index (χ4n) is 3.06. The number of hydrogen-bond acceptors (Lipinski definition) is 4. The van der Waals surface area contributed by atoms with Crippen molar-refractivity contribution in [1.82, 2.24) is 10.6 Å². The lowest BCUT2D eigenvalue weighted by Crippen LogP contribution is -2.48. The first kappa shape index (κ1) is 26.5. The fourth-order valence-corrected chi connectivity index (χ4v) is 4.49. The summed E-state index contributed by atoms with van der Waals surface area (Å²) in [6, 6.07) is 4.56. The second-order valence-corrected chi connectivity index (χ2v) is 8.58. The number of guanidine groups is 1. The number of benzene rings is 1. The van der Waals surface area contributed by atoms with E-state index in [1.54, 1.807) is 6.07 Å². The van der Waals surface area contributed by atoms with Crippen LogP contribution in [0.2, 0.25) is 5.02 Å². The minimum absolute atomic E-state index is 0. The van der Waals surface area contributed by atoms with Crippen molar-refractivity contribution in [2.45, 2.75) is 44.6 Å². The average Bonchev–Trinajstić information content (AvgIpc) is 2.66. The first-order chi connectivity index (χ1) is 13.5. The number of nitrogens with one attached hydrogen (secondary N) is 2. The van der Waals surface area contributed by atoms with E-state index in [-0.39, 0.29) is 41.0 Å². The molecule has 5 nitrogen and oxygen atoms in total. The van der Waals surface area contributed by atoms with Crippen LogP contribution in [0.5, 0.6) is 5.75 Å². The van der Waals surface area contributed by atoms with Crippen molar-refractivity contribution in [3.8, 4) is 5.75 Å². The molecule has 166 valence electrons. The van der Waals surface area contributed by atoms with Crippen LogP contribution in [0.25, 0.3) is 0 Å². The van der Waals surface area contributed by atoms with Gasteiger partial charge in [0.25, 0.3) is 0 Å². The van der Waals surface area contributed by atoms with Gasteiger partial charge >= 0.3 is 6.61 Å². The Hall–Kier alpha value is -0.520. The van der Waals surface area contributed by atoms with Crippen LogP contribution in [-0.2, 0) is 11.3 Å². The van der Waals surface area contributed by atoms with Gasteiger partial charge in [0.1, 0.15) is 5.75 Å². The lowest BCUT2D eigenvalue weighted by atomic mass is 9.99. The minimum Gasteiger partial charge on any atom is -0.434 e. The van der Waals surface area contributed by atoms with Gasteiger partial charge < -0.3 is 20.1 Å². The van der Waals surface area contributed by atoms with Crippen molar-refractivity contribution in [3.63, 3.8) is 0 Å². The van der Waals surface area contributed by atoms with Gasteiger partial charge in [-0.05, 0) is 43.7 Å². The molecule has 1 fully saturated rings. The molecule has 0 aromatic heterocycles. The summed E-state index contributed by atoms with van der Waals surface area (Å²) in [7, 11) is 0. The van der Waals surface area contributed by atoms with Gasteiger partial charge in [-0.2, -0.15) is 20.5 Å². The highest BCUT2D eigenvalue weighted by molar-refractivity contribution is 14.0. The summed E-state index contributed by atoms with van der Waals surface area (Å²) in [5, 5.41) is 7.05. The Bertz CT molecular complexity index is 644. The predicted molar refractivity (Wildman–Crippen MR) is 127 cm³/mol. The van der Waals surface area contributed by atoms with Crippen molar-refractivity contribution in [1.29, 1.82) is 0 Å². The predicted octanol–water partition coefficient (Wildman–Crippen LogP) is 4.92. The number of alkyl halides is 2. The highest BCUT2D eigenvalue weighted by Gasteiger charge is 2.32. The molecule has 1 aromatic carbocycles. The quantitative estimate of drug-likeness (QED) is 0.254. The summed E-state index contributed by atoms with van der Waals surface area (Å²) in [4.78, 5) is 4.54. The smallest absolute Gasteiger partial charge is 0.387 e. The summed E-state index contributed by atoms with van der Waals surface area (Å²) < 4.78 is 35.5. The summed E-state index contributed by atoms with van der Waals surface area (Å²) in [6.45, 7) is 4.40. The van der Waals surface area contributed by atoms with E-state index >= 15 is 0 Å². The maximum Gasteiger partial charge on any atom is 0.387 e. The molecule has 0 bridgehead atoms. The van der Waals surface area contributed by atoms with Crippen LogP contribution in [0.4, 0.5) is 8.78 Å². The molecule has 0 atom stereocenters. The van der Waals surface area contributed by atoms with Crippen LogP contribution in [0.15, 0.2) is 23.2 Å². The number of ether oxygens (including phenoxy) is 2. The summed E-state index contributed by atoms with van der Waals surface area (Å²) in [6.07, 6.45) is 1.97. The van der Waals surface area contributed by atoms with Crippen LogP contribution in [0.1, 0.15) is 32.3 Å². The summed E-state index contributed by atoms with van der Waals surface area (Å²) in [5.74, 6) is 1.75. The SMILES string of the molecule is CCNC(=NCc1cc(Cl)ccc1OC(F)F)NCC1(SCC)CCOCC1.I. The maximum atomic E-state index is 12.6. The van der Waals surface area contributed by atoms with E-state index < -0.39 is 6.61 Å². The molecule has 1 aromatic rings. The van der Waals surface area contributed by atoms with Crippen LogP contribution >= 0.6 is 47.3 Å². The number of rotatable bonds is 9. The third kappa shape index (κ3) is 9.02. The van der Waals surface area contributed by atoms with E-state index in [1.165, 1.54) is 12.1 Å². The molecule has 0 radical (unpaired) electrons. The molecule has 1 aliphatic heterocycles. The van der Waals surface area contributed by atoms with Crippen molar-refractivity contribution in [2.75, 3.05) is 32.1 Å². The highest BCUT2D eigenvalue weighted by Crippen LogP contribution is 2.34. The third-order valence-corrected chi connectivity index (χ3v) is 6.11. The Morgan fingerprint density at radius 2 is 2.03 bits per heavy atom. The first-order valence-electron chi connectivity index (χ1n) is 9.45. The Balaban J connectivity index is 0.00000420. The molecule has 10 heteroatoms. The maximum absolute atomic E-state index is 12.6. The van der Waals surface area contributed by atoms with Gasteiger partial charge in [-0.1, -0.05) is 18.5 Å². The zero-order chi connectivity index (χ0) is 20.4. The Kier molecular flexibility index (Phi) is 12.5. The minimum atomic E-state index is -2.89. The van der Waals surface area contributed by atoms with Crippen LogP contribution in [0.3, 0.4) is 0 Å². The monoisotopic (exact) mass is 563 g/mol. The highest BCUT2D eigenvalue weighted by atomic mass is 127. The molecule has 0 amide bonds. The summed E-state index contributed by atoms with van der Waals surface area (Å²) >= 11 is 7.95. The third-order valence-electron chi connectivity index (χ3n) is 4.42. The standard InChI is InChI=1S/C19H28ClF2N3O2S.HI/c1-3-23-18(25-13-19(28-4-2)7-9-26-10-8-19)24-12-14-11-15(20)5-6-16(14)27-17(21)22;/h5-6,11,17H,3-4,7-10,12-13H2,1-2H3,(H2,23,24,25);1H. The zero-order valence-electron chi connectivity index (χ0n) is 16.7. The van der Waals surface area contributed by atoms with E-state index in [2.05, 4.69) is 27.3 Å². The van der Waals surface area contributed by atoms with Crippen molar-refractivity contribution in [2.24, 2.45) is 4.99 Å². The lowest BCUT2D eigenvalue weighted by Gasteiger charge is -2.37. The second kappa shape index (κ2) is 13.7. The van der Waals surface area contributed by atoms with Gasteiger partial charge in [0.15, 0.2) is 5.96 Å². The number of thioether (sulfide) groups is 1. The average molecular weight is 564 g/mol. The molecule has 29 heavy (non-hydrogen) atoms. The van der Waals surface area contributed by atoms with E-state index in [1.807, 2.05) is 18.7 Å². The number of halogens is 4. The van der Waals surface area contributed by atoms with Gasteiger partial charge in [0.05, 0.1) is 6.54 Å². The molecule has 0 unspecified atom stereocenters. The number of nitrogens with zero attached hydrogens (tertiary/aromatic N) is 1. The first-order valence-corrected chi connectivity index (χ1v) is 10.8. The normalized spacial score (nSPS) is 16.3. The number of aliphatic imine (C=N–C) groups is 1. The van der Waals surface area contributed by atoms with E-state index in [0.717, 1.165) is 38.4 Å². The molecule has 0 saturated carbocycles.